The second-order valence-electron chi connectivity index (χ2n) is 4.04. The van der Waals surface area contributed by atoms with Crippen molar-refractivity contribution in [2.24, 2.45) is 0 Å². The second-order valence-corrected chi connectivity index (χ2v) is 4.45. The zero-order valence-corrected chi connectivity index (χ0v) is 12.1. The predicted molar refractivity (Wildman–Crippen MR) is 75.1 cm³/mol. The Bertz CT molecular complexity index is 427. The number of hydrogen-bond acceptors (Lipinski definition) is 5. The van der Waals surface area contributed by atoms with E-state index >= 15 is 0 Å². The zero-order valence-electron chi connectivity index (χ0n) is 11.3. The summed E-state index contributed by atoms with van der Waals surface area (Å²) in [5, 5.41) is 11.1. The molecule has 0 amide bonds. The van der Waals surface area contributed by atoms with E-state index in [0.717, 1.165) is 6.42 Å². The van der Waals surface area contributed by atoms with Gasteiger partial charge < -0.3 is 14.2 Å². The minimum Gasteiger partial charge on any atom is -0.385 e. The molecule has 0 bridgehead atoms. The molecule has 0 aliphatic carbocycles. The fourth-order valence-electron chi connectivity index (χ4n) is 1.49. The van der Waals surface area contributed by atoms with Crippen LogP contribution in [0.5, 0.6) is 0 Å². The molecule has 0 fully saturated rings. The van der Waals surface area contributed by atoms with Crippen molar-refractivity contribution >= 4 is 17.3 Å². The lowest BCUT2D eigenvalue weighted by Gasteiger charge is -2.07. The molecule has 7 heteroatoms. The summed E-state index contributed by atoms with van der Waals surface area (Å²) >= 11 is 5.95. The lowest BCUT2D eigenvalue weighted by Crippen LogP contribution is -2.07. The molecule has 1 aromatic rings. The van der Waals surface area contributed by atoms with Crippen LogP contribution in [0.3, 0.4) is 0 Å². The summed E-state index contributed by atoms with van der Waals surface area (Å²) < 4.78 is 15.6. The minimum absolute atomic E-state index is 0.00353. The Kier molecular flexibility index (Phi) is 8.13. The van der Waals surface area contributed by atoms with E-state index in [0.29, 0.717) is 37.0 Å². The van der Waals surface area contributed by atoms with Gasteiger partial charge >= 0.3 is 0 Å². The van der Waals surface area contributed by atoms with Crippen molar-refractivity contribution in [3.05, 3.63) is 38.9 Å². The molecule has 112 valence electrons. The molecule has 0 atom stereocenters. The first-order valence-corrected chi connectivity index (χ1v) is 6.60. The van der Waals surface area contributed by atoms with Gasteiger partial charge in [0.05, 0.1) is 24.7 Å². The number of methoxy groups -OCH3 is 1. The van der Waals surface area contributed by atoms with Crippen LogP contribution in [0, 0.1) is 10.1 Å². The SMILES string of the molecule is COCCCOCCOCc1cc([N+](=O)[O-])ccc1Cl. The topological polar surface area (TPSA) is 70.8 Å². The van der Waals surface area contributed by atoms with Gasteiger partial charge in [0.1, 0.15) is 0 Å². The van der Waals surface area contributed by atoms with E-state index in [4.69, 9.17) is 25.8 Å². The lowest BCUT2D eigenvalue weighted by atomic mass is 10.2. The minimum atomic E-state index is -0.460. The molecule has 0 aliphatic rings. The van der Waals surface area contributed by atoms with Crippen molar-refractivity contribution in [1.29, 1.82) is 0 Å². The van der Waals surface area contributed by atoms with Crippen LogP contribution in [0.2, 0.25) is 5.02 Å². The largest absolute Gasteiger partial charge is 0.385 e. The van der Waals surface area contributed by atoms with Gasteiger partial charge in [-0.3, -0.25) is 10.1 Å². The fraction of sp³-hybridized carbons (Fsp3) is 0.538. The third kappa shape index (κ3) is 6.29. The Hall–Kier alpha value is -1.21. The van der Waals surface area contributed by atoms with Crippen LogP contribution < -0.4 is 0 Å². The highest BCUT2D eigenvalue weighted by atomic mass is 35.5. The molecule has 1 rings (SSSR count). The van der Waals surface area contributed by atoms with Crippen molar-refractivity contribution < 1.29 is 19.1 Å². The lowest BCUT2D eigenvalue weighted by molar-refractivity contribution is -0.384. The van der Waals surface area contributed by atoms with Crippen molar-refractivity contribution in [2.45, 2.75) is 13.0 Å². The van der Waals surface area contributed by atoms with Gasteiger partial charge in [0.15, 0.2) is 0 Å². The Morgan fingerprint density at radius 2 is 1.95 bits per heavy atom. The van der Waals surface area contributed by atoms with Crippen molar-refractivity contribution in [1.82, 2.24) is 0 Å². The monoisotopic (exact) mass is 303 g/mol. The molecule has 0 aromatic heterocycles. The molecule has 0 unspecified atom stereocenters. The summed E-state index contributed by atoms with van der Waals surface area (Å²) in [5.41, 5.74) is 0.601. The maximum Gasteiger partial charge on any atom is 0.269 e. The summed E-state index contributed by atoms with van der Waals surface area (Å²) in [6, 6.07) is 4.28. The predicted octanol–water partition coefficient (Wildman–Crippen LogP) is 2.82. The first-order chi connectivity index (χ1) is 9.65. The molecule has 0 saturated carbocycles. The van der Waals surface area contributed by atoms with Gasteiger partial charge in [0, 0.05) is 43.0 Å². The summed E-state index contributed by atoms with van der Waals surface area (Å²) in [7, 11) is 1.64. The molecule has 0 spiro atoms. The number of halogens is 1. The molecular formula is C13H18ClNO5. The molecule has 20 heavy (non-hydrogen) atoms. The molecule has 0 N–H and O–H groups in total. The van der Waals surface area contributed by atoms with Crippen LogP contribution in [0.4, 0.5) is 5.69 Å². The average molecular weight is 304 g/mol. The van der Waals surface area contributed by atoms with Crippen LogP contribution in [0.15, 0.2) is 18.2 Å². The van der Waals surface area contributed by atoms with Crippen molar-refractivity contribution in [2.75, 3.05) is 33.5 Å². The smallest absolute Gasteiger partial charge is 0.269 e. The molecular weight excluding hydrogens is 286 g/mol. The maximum absolute atomic E-state index is 10.7. The van der Waals surface area contributed by atoms with E-state index in [2.05, 4.69) is 0 Å². The summed E-state index contributed by atoms with van der Waals surface area (Å²) in [4.78, 5) is 10.2. The van der Waals surface area contributed by atoms with Gasteiger partial charge in [-0.15, -0.1) is 0 Å². The van der Waals surface area contributed by atoms with E-state index in [1.54, 1.807) is 7.11 Å². The number of nitro benzene ring substituents is 1. The standard InChI is InChI=1S/C13H18ClNO5/c1-18-5-2-6-19-7-8-20-10-11-9-12(15(16)17)3-4-13(11)14/h3-4,9H,2,5-8,10H2,1H3. The van der Waals surface area contributed by atoms with Crippen LogP contribution in [0.1, 0.15) is 12.0 Å². The number of nitro groups is 1. The van der Waals surface area contributed by atoms with E-state index in [1.807, 2.05) is 0 Å². The zero-order chi connectivity index (χ0) is 14.8. The average Bonchev–Trinajstić information content (AvgIpc) is 2.43. The van der Waals surface area contributed by atoms with Crippen molar-refractivity contribution in [3.8, 4) is 0 Å². The number of ether oxygens (including phenoxy) is 3. The van der Waals surface area contributed by atoms with Gasteiger partial charge in [-0.05, 0) is 12.5 Å². The number of non-ortho nitro benzene ring substituents is 1. The molecule has 0 heterocycles. The Balaban J connectivity index is 2.24. The van der Waals surface area contributed by atoms with Gasteiger partial charge in [-0.25, -0.2) is 0 Å². The maximum atomic E-state index is 10.7. The summed E-state index contributed by atoms with van der Waals surface area (Å²) in [5.74, 6) is 0. The number of benzene rings is 1. The van der Waals surface area contributed by atoms with E-state index in [1.165, 1.54) is 18.2 Å². The number of nitrogens with zero attached hydrogens (tertiary/aromatic N) is 1. The molecule has 1 aromatic carbocycles. The second kappa shape index (κ2) is 9.66. The van der Waals surface area contributed by atoms with E-state index in [-0.39, 0.29) is 12.3 Å². The molecule has 0 saturated heterocycles. The Morgan fingerprint density at radius 3 is 2.65 bits per heavy atom. The fourth-order valence-corrected chi connectivity index (χ4v) is 1.66. The van der Waals surface area contributed by atoms with E-state index < -0.39 is 4.92 Å². The third-order valence-electron chi connectivity index (χ3n) is 2.51. The summed E-state index contributed by atoms with van der Waals surface area (Å²) in [6.07, 6.45) is 0.840. The van der Waals surface area contributed by atoms with Gasteiger partial charge in [0.2, 0.25) is 0 Å². The Morgan fingerprint density at radius 1 is 1.20 bits per heavy atom. The van der Waals surface area contributed by atoms with Gasteiger partial charge in [-0.1, -0.05) is 11.6 Å². The first kappa shape index (κ1) is 16.8. The third-order valence-corrected chi connectivity index (χ3v) is 2.88. The number of hydrogen-bond donors (Lipinski definition) is 0. The highest BCUT2D eigenvalue weighted by molar-refractivity contribution is 6.31. The first-order valence-electron chi connectivity index (χ1n) is 6.22. The van der Waals surface area contributed by atoms with Gasteiger partial charge in [-0.2, -0.15) is 0 Å². The normalized spacial score (nSPS) is 10.7. The summed E-state index contributed by atoms with van der Waals surface area (Å²) in [6.45, 7) is 2.39. The quantitative estimate of drug-likeness (QED) is 0.377. The Labute approximate surface area is 122 Å². The molecule has 0 radical (unpaired) electrons. The van der Waals surface area contributed by atoms with Crippen LogP contribution in [0.25, 0.3) is 0 Å². The highest BCUT2D eigenvalue weighted by Crippen LogP contribution is 2.22. The molecule has 6 nitrogen and oxygen atoms in total. The van der Waals surface area contributed by atoms with Crippen LogP contribution >= 0.6 is 11.6 Å². The highest BCUT2D eigenvalue weighted by Gasteiger charge is 2.09. The van der Waals surface area contributed by atoms with Crippen molar-refractivity contribution in [3.63, 3.8) is 0 Å². The number of rotatable bonds is 10. The molecule has 0 aliphatic heterocycles. The van der Waals surface area contributed by atoms with Crippen LogP contribution in [-0.4, -0.2) is 38.5 Å². The van der Waals surface area contributed by atoms with Gasteiger partial charge in [0.25, 0.3) is 5.69 Å². The van der Waals surface area contributed by atoms with Crippen LogP contribution in [-0.2, 0) is 20.8 Å². The van der Waals surface area contributed by atoms with E-state index in [9.17, 15) is 10.1 Å².